The number of ether oxygens (including phenoxy) is 1. The number of amides is 1. The van der Waals surface area contributed by atoms with Gasteiger partial charge in [0.05, 0.1) is 6.10 Å². The van der Waals surface area contributed by atoms with Crippen molar-refractivity contribution in [1.29, 1.82) is 0 Å². The van der Waals surface area contributed by atoms with Crippen LogP contribution in [-0.4, -0.2) is 36.2 Å². The lowest BCUT2D eigenvalue weighted by molar-refractivity contribution is -0.128. The molecule has 2 fully saturated rings. The van der Waals surface area contributed by atoms with Crippen LogP contribution in [0, 0.1) is 5.41 Å². The standard InChI is InChI=1S/C13H23N3O3/c1-19-10-5-4-9(8-10)15-12(17)13(11(14)16-18)6-2-3-7-13/h9-10,18H,2-8H2,1H3,(H2,14,16)(H,15,17). The molecule has 0 saturated heterocycles. The van der Waals surface area contributed by atoms with E-state index in [4.69, 9.17) is 15.7 Å². The van der Waals surface area contributed by atoms with Crippen LogP contribution in [0.1, 0.15) is 44.9 Å². The van der Waals surface area contributed by atoms with Crippen molar-refractivity contribution < 1.29 is 14.7 Å². The number of rotatable bonds is 4. The fourth-order valence-corrected chi connectivity index (χ4v) is 3.28. The summed E-state index contributed by atoms with van der Waals surface area (Å²) in [6, 6.07) is 0.140. The van der Waals surface area contributed by atoms with Crippen LogP contribution in [0.3, 0.4) is 0 Å². The zero-order valence-corrected chi connectivity index (χ0v) is 11.4. The minimum atomic E-state index is -0.806. The molecule has 6 nitrogen and oxygen atoms in total. The Kier molecular flexibility index (Phi) is 4.29. The highest BCUT2D eigenvalue weighted by Gasteiger charge is 2.46. The Bertz CT molecular complexity index is 364. The minimum absolute atomic E-state index is 0.0452. The van der Waals surface area contributed by atoms with Crippen molar-refractivity contribution >= 4 is 11.7 Å². The predicted octanol–water partition coefficient (Wildman–Crippen LogP) is 0.977. The summed E-state index contributed by atoms with van der Waals surface area (Å²) in [7, 11) is 1.70. The Labute approximate surface area is 113 Å². The molecule has 1 amide bonds. The van der Waals surface area contributed by atoms with Gasteiger partial charge in [-0.25, -0.2) is 0 Å². The highest BCUT2D eigenvalue weighted by molar-refractivity contribution is 6.07. The van der Waals surface area contributed by atoms with Crippen molar-refractivity contribution in [2.24, 2.45) is 16.3 Å². The maximum atomic E-state index is 12.5. The number of methoxy groups -OCH3 is 1. The average Bonchev–Trinajstić information content (AvgIpc) is 3.07. The van der Waals surface area contributed by atoms with Gasteiger partial charge in [-0.2, -0.15) is 0 Å². The van der Waals surface area contributed by atoms with Crippen LogP contribution in [0.5, 0.6) is 0 Å². The van der Waals surface area contributed by atoms with Crippen LogP contribution in [0.15, 0.2) is 5.16 Å². The number of hydrogen-bond acceptors (Lipinski definition) is 4. The number of nitrogens with zero attached hydrogens (tertiary/aromatic N) is 1. The summed E-state index contributed by atoms with van der Waals surface area (Å²) < 4.78 is 5.30. The molecule has 0 aromatic carbocycles. The van der Waals surface area contributed by atoms with E-state index in [9.17, 15) is 4.79 Å². The minimum Gasteiger partial charge on any atom is -0.409 e. The van der Waals surface area contributed by atoms with E-state index < -0.39 is 5.41 Å². The van der Waals surface area contributed by atoms with Gasteiger partial charge in [-0.3, -0.25) is 4.79 Å². The fraction of sp³-hybridized carbons (Fsp3) is 0.846. The third-order valence-corrected chi connectivity index (χ3v) is 4.54. The number of oxime groups is 1. The van der Waals surface area contributed by atoms with Gasteiger partial charge in [-0.1, -0.05) is 18.0 Å². The first-order chi connectivity index (χ1) is 9.12. The largest absolute Gasteiger partial charge is 0.409 e. The number of nitrogens with one attached hydrogen (secondary N) is 1. The van der Waals surface area contributed by atoms with Crippen molar-refractivity contribution in [2.75, 3.05) is 7.11 Å². The van der Waals surface area contributed by atoms with E-state index in [1.807, 2.05) is 0 Å². The van der Waals surface area contributed by atoms with Crippen LogP contribution < -0.4 is 11.1 Å². The van der Waals surface area contributed by atoms with Gasteiger partial charge < -0.3 is 21.0 Å². The van der Waals surface area contributed by atoms with Gasteiger partial charge in [-0.15, -0.1) is 0 Å². The number of amidine groups is 1. The Morgan fingerprint density at radius 1 is 1.42 bits per heavy atom. The van der Waals surface area contributed by atoms with Crippen molar-refractivity contribution in [3.63, 3.8) is 0 Å². The van der Waals surface area contributed by atoms with Crippen LogP contribution in [0.4, 0.5) is 0 Å². The molecule has 108 valence electrons. The first-order valence-corrected chi connectivity index (χ1v) is 6.94. The third kappa shape index (κ3) is 2.68. The molecular formula is C13H23N3O3. The lowest BCUT2D eigenvalue weighted by Crippen LogP contribution is -2.50. The van der Waals surface area contributed by atoms with E-state index in [0.717, 1.165) is 32.1 Å². The molecule has 0 spiro atoms. The molecule has 6 heteroatoms. The molecule has 2 unspecified atom stereocenters. The summed E-state index contributed by atoms with van der Waals surface area (Å²) in [6.07, 6.45) is 6.17. The lowest BCUT2D eigenvalue weighted by Gasteiger charge is -2.28. The molecule has 4 N–H and O–H groups in total. The first-order valence-electron chi connectivity index (χ1n) is 6.94. The van der Waals surface area contributed by atoms with Crippen molar-refractivity contribution in [2.45, 2.75) is 57.1 Å². The predicted molar refractivity (Wildman–Crippen MR) is 70.9 cm³/mol. The maximum absolute atomic E-state index is 12.5. The Hall–Kier alpha value is -1.30. The van der Waals surface area contributed by atoms with E-state index in [0.29, 0.717) is 12.8 Å². The number of carbonyl (C=O) groups excluding carboxylic acids is 1. The fourth-order valence-electron chi connectivity index (χ4n) is 3.28. The van der Waals surface area contributed by atoms with Crippen LogP contribution in [0.25, 0.3) is 0 Å². The monoisotopic (exact) mass is 269 g/mol. The van der Waals surface area contributed by atoms with Crippen molar-refractivity contribution in [3.8, 4) is 0 Å². The molecule has 0 heterocycles. The molecule has 0 bridgehead atoms. The second kappa shape index (κ2) is 5.77. The van der Waals surface area contributed by atoms with Gasteiger partial charge in [0.2, 0.25) is 5.91 Å². The Morgan fingerprint density at radius 2 is 2.11 bits per heavy atom. The number of nitrogens with two attached hydrogens (primary N) is 1. The van der Waals surface area contributed by atoms with Crippen molar-refractivity contribution in [3.05, 3.63) is 0 Å². The molecule has 2 aliphatic carbocycles. The molecule has 19 heavy (non-hydrogen) atoms. The topological polar surface area (TPSA) is 96.9 Å². The molecule has 0 aromatic heterocycles. The zero-order chi connectivity index (χ0) is 13.9. The molecule has 0 radical (unpaired) electrons. The number of hydrogen-bond donors (Lipinski definition) is 3. The van der Waals surface area contributed by atoms with Crippen LogP contribution in [-0.2, 0) is 9.53 Å². The molecule has 0 aliphatic heterocycles. The Balaban J connectivity index is 2.01. The quantitative estimate of drug-likeness (QED) is 0.307. The second-order valence-corrected chi connectivity index (χ2v) is 5.62. The second-order valence-electron chi connectivity index (χ2n) is 5.62. The molecule has 2 saturated carbocycles. The summed E-state index contributed by atoms with van der Waals surface area (Å²) in [5.41, 5.74) is 4.95. The summed E-state index contributed by atoms with van der Waals surface area (Å²) in [4.78, 5) is 12.5. The zero-order valence-electron chi connectivity index (χ0n) is 11.4. The molecular weight excluding hydrogens is 246 g/mol. The maximum Gasteiger partial charge on any atom is 0.234 e. The van der Waals surface area contributed by atoms with E-state index in [1.165, 1.54) is 0 Å². The molecule has 0 aromatic rings. The van der Waals surface area contributed by atoms with E-state index in [-0.39, 0.29) is 23.9 Å². The molecule has 2 atom stereocenters. The average molecular weight is 269 g/mol. The van der Waals surface area contributed by atoms with Gasteiger partial charge in [0, 0.05) is 13.2 Å². The summed E-state index contributed by atoms with van der Waals surface area (Å²) >= 11 is 0. The van der Waals surface area contributed by atoms with Crippen molar-refractivity contribution in [1.82, 2.24) is 5.32 Å². The summed E-state index contributed by atoms with van der Waals surface area (Å²) in [5.74, 6) is -0.0501. The van der Waals surface area contributed by atoms with E-state index >= 15 is 0 Å². The first kappa shape index (κ1) is 14.1. The number of carbonyl (C=O) groups is 1. The smallest absolute Gasteiger partial charge is 0.234 e. The van der Waals surface area contributed by atoms with Crippen LogP contribution in [0.2, 0.25) is 0 Å². The van der Waals surface area contributed by atoms with Gasteiger partial charge in [0.25, 0.3) is 0 Å². The van der Waals surface area contributed by atoms with Gasteiger partial charge in [-0.05, 0) is 32.1 Å². The van der Waals surface area contributed by atoms with Gasteiger partial charge >= 0.3 is 0 Å². The normalized spacial score (nSPS) is 30.5. The van der Waals surface area contributed by atoms with Gasteiger partial charge in [0.15, 0.2) is 5.84 Å². The van der Waals surface area contributed by atoms with E-state index in [2.05, 4.69) is 10.5 Å². The summed E-state index contributed by atoms with van der Waals surface area (Å²) in [5, 5.41) is 15.0. The summed E-state index contributed by atoms with van der Waals surface area (Å²) in [6.45, 7) is 0. The third-order valence-electron chi connectivity index (χ3n) is 4.54. The highest BCUT2D eigenvalue weighted by Crippen LogP contribution is 2.39. The lowest BCUT2D eigenvalue weighted by atomic mass is 9.83. The van der Waals surface area contributed by atoms with Gasteiger partial charge in [0.1, 0.15) is 5.41 Å². The molecule has 2 rings (SSSR count). The highest BCUT2D eigenvalue weighted by atomic mass is 16.5. The molecule has 2 aliphatic rings. The Morgan fingerprint density at radius 3 is 2.63 bits per heavy atom. The van der Waals surface area contributed by atoms with E-state index in [1.54, 1.807) is 7.11 Å². The van der Waals surface area contributed by atoms with Crippen LogP contribution >= 0.6 is 0 Å². The SMILES string of the molecule is COC1CCC(NC(=O)C2(C(N)=NO)CCCC2)C1.